The van der Waals surface area contributed by atoms with Crippen molar-refractivity contribution in [2.75, 3.05) is 6.79 Å². The summed E-state index contributed by atoms with van der Waals surface area (Å²) >= 11 is 0. The van der Waals surface area contributed by atoms with Crippen molar-refractivity contribution >= 4 is 16.6 Å². The molecule has 0 fully saturated rings. The van der Waals surface area contributed by atoms with Gasteiger partial charge in [0, 0.05) is 11.5 Å². The molecule has 0 atom stereocenters. The summed E-state index contributed by atoms with van der Waals surface area (Å²) in [5, 5.41) is 9.30. The Bertz CT molecular complexity index is 1010. The minimum atomic E-state index is 0.262. The van der Waals surface area contributed by atoms with Crippen LogP contribution in [0.5, 0.6) is 11.5 Å². The number of aromatic nitrogens is 3. The molecule has 5 heteroatoms. The predicted octanol–water partition coefficient (Wildman–Crippen LogP) is 3.28. The van der Waals surface area contributed by atoms with Gasteiger partial charge in [0.05, 0.1) is 5.52 Å². The summed E-state index contributed by atoms with van der Waals surface area (Å²) < 4.78 is 13.0. The van der Waals surface area contributed by atoms with E-state index in [4.69, 9.17) is 9.47 Å². The molecule has 0 spiro atoms. The fourth-order valence-electron chi connectivity index (χ4n) is 2.94. The maximum Gasteiger partial charge on any atom is 0.231 e. The van der Waals surface area contributed by atoms with Gasteiger partial charge in [-0.15, -0.1) is 10.2 Å². The Morgan fingerprint density at radius 1 is 0.955 bits per heavy atom. The molecule has 1 aliphatic rings. The summed E-state index contributed by atoms with van der Waals surface area (Å²) in [6, 6.07) is 16.3. The molecule has 1 aliphatic heterocycles. The molecule has 106 valence electrons. The maximum atomic E-state index is 5.53. The number of nitrogens with zero attached hydrogens (tertiary/aromatic N) is 3. The van der Waals surface area contributed by atoms with E-state index in [1.807, 2.05) is 40.8 Å². The van der Waals surface area contributed by atoms with Crippen LogP contribution >= 0.6 is 0 Å². The lowest BCUT2D eigenvalue weighted by molar-refractivity contribution is 0.174. The highest BCUT2D eigenvalue weighted by Crippen LogP contribution is 2.39. The normalized spacial score (nSPS) is 13.1. The van der Waals surface area contributed by atoms with Crippen molar-refractivity contribution in [2.45, 2.75) is 0 Å². The first-order valence-corrected chi connectivity index (χ1v) is 7.02. The third kappa shape index (κ3) is 1.53. The number of pyridine rings is 1. The summed E-state index contributed by atoms with van der Waals surface area (Å²) in [5.41, 5.74) is 4.06. The molecule has 0 aliphatic carbocycles. The van der Waals surface area contributed by atoms with Gasteiger partial charge in [-0.1, -0.05) is 30.3 Å². The topological polar surface area (TPSA) is 48.7 Å². The Labute approximate surface area is 125 Å². The summed E-state index contributed by atoms with van der Waals surface area (Å²) in [6.45, 7) is 0.262. The van der Waals surface area contributed by atoms with E-state index in [2.05, 4.69) is 22.3 Å². The fourth-order valence-corrected chi connectivity index (χ4v) is 2.94. The molecule has 2 aromatic heterocycles. The number of rotatable bonds is 1. The van der Waals surface area contributed by atoms with Crippen molar-refractivity contribution in [1.29, 1.82) is 0 Å². The van der Waals surface area contributed by atoms with Gasteiger partial charge in [-0.25, -0.2) is 0 Å². The fraction of sp³-hybridized carbons (Fsp3) is 0.0588. The molecule has 0 saturated carbocycles. The zero-order valence-corrected chi connectivity index (χ0v) is 11.6. The molecule has 22 heavy (non-hydrogen) atoms. The maximum absolute atomic E-state index is 5.53. The summed E-state index contributed by atoms with van der Waals surface area (Å²) in [6.07, 6.45) is 1.72. The Morgan fingerprint density at radius 3 is 2.64 bits per heavy atom. The van der Waals surface area contributed by atoms with Crippen LogP contribution in [0.2, 0.25) is 0 Å². The van der Waals surface area contributed by atoms with Gasteiger partial charge in [-0.05, 0) is 23.3 Å². The van der Waals surface area contributed by atoms with Gasteiger partial charge < -0.3 is 9.47 Å². The minimum absolute atomic E-state index is 0.262. The number of hydrogen-bond acceptors (Lipinski definition) is 4. The second kappa shape index (κ2) is 4.21. The molecule has 0 amide bonds. The van der Waals surface area contributed by atoms with Gasteiger partial charge >= 0.3 is 0 Å². The Morgan fingerprint density at radius 2 is 1.77 bits per heavy atom. The molecule has 0 bridgehead atoms. The van der Waals surface area contributed by atoms with Gasteiger partial charge in [0.1, 0.15) is 6.33 Å². The van der Waals surface area contributed by atoms with Crippen molar-refractivity contribution < 1.29 is 9.47 Å². The van der Waals surface area contributed by atoms with Crippen LogP contribution in [0.25, 0.3) is 27.7 Å². The molecule has 3 heterocycles. The molecular weight excluding hydrogens is 278 g/mol. The summed E-state index contributed by atoms with van der Waals surface area (Å²) in [4.78, 5) is 0. The molecule has 0 radical (unpaired) electrons. The van der Waals surface area contributed by atoms with Crippen LogP contribution in [0.4, 0.5) is 0 Å². The van der Waals surface area contributed by atoms with E-state index in [1.165, 1.54) is 0 Å². The van der Waals surface area contributed by atoms with Gasteiger partial charge in [-0.3, -0.25) is 4.40 Å². The van der Waals surface area contributed by atoms with Crippen LogP contribution < -0.4 is 9.47 Å². The molecule has 5 rings (SSSR count). The van der Waals surface area contributed by atoms with Crippen molar-refractivity contribution in [3.63, 3.8) is 0 Å². The third-order valence-electron chi connectivity index (χ3n) is 3.97. The Hall–Kier alpha value is -3.08. The molecule has 0 N–H and O–H groups in total. The van der Waals surface area contributed by atoms with Crippen LogP contribution in [0.1, 0.15) is 0 Å². The van der Waals surface area contributed by atoms with Gasteiger partial charge in [0.15, 0.2) is 17.1 Å². The highest BCUT2D eigenvalue weighted by molar-refractivity contribution is 5.98. The lowest BCUT2D eigenvalue weighted by Crippen LogP contribution is -1.92. The third-order valence-corrected chi connectivity index (χ3v) is 3.97. The van der Waals surface area contributed by atoms with Crippen molar-refractivity contribution in [3.05, 3.63) is 54.9 Å². The Kier molecular flexibility index (Phi) is 2.21. The monoisotopic (exact) mass is 289 g/mol. The lowest BCUT2D eigenvalue weighted by atomic mass is 10.0. The average molecular weight is 289 g/mol. The largest absolute Gasteiger partial charge is 0.454 e. The number of hydrogen-bond donors (Lipinski definition) is 0. The second-order valence-electron chi connectivity index (χ2n) is 5.21. The van der Waals surface area contributed by atoms with Crippen LogP contribution in [0.15, 0.2) is 54.9 Å². The van der Waals surface area contributed by atoms with Crippen molar-refractivity contribution in [1.82, 2.24) is 14.6 Å². The Balaban J connectivity index is 1.95. The summed E-state index contributed by atoms with van der Waals surface area (Å²) in [7, 11) is 0. The van der Waals surface area contributed by atoms with E-state index in [1.54, 1.807) is 6.33 Å². The van der Waals surface area contributed by atoms with Gasteiger partial charge in [0.25, 0.3) is 0 Å². The van der Waals surface area contributed by atoms with E-state index in [0.29, 0.717) is 0 Å². The first-order chi connectivity index (χ1) is 10.9. The van der Waals surface area contributed by atoms with E-state index >= 15 is 0 Å². The first kappa shape index (κ1) is 11.6. The van der Waals surface area contributed by atoms with Crippen molar-refractivity contribution in [2.24, 2.45) is 0 Å². The minimum Gasteiger partial charge on any atom is -0.454 e. The van der Waals surface area contributed by atoms with Crippen LogP contribution in [0.3, 0.4) is 0 Å². The smallest absolute Gasteiger partial charge is 0.231 e. The average Bonchev–Trinajstić information content (AvgIpc) is 3.21. The zero-order chi connectivity index (χ0) is 14.5. The molecule has 5 nitrogen and oxygen atoms in total. The number of benzene rings is 2. The number of fused-ring (bicyclic) bond motifs is 4. The predicted molar refractivity (Wildman–Crippen MR) is 82.1 cm³/mol. The summed E-state index contributed by atoms with van der Waals surface area (Å²) in [5.74, 6) is 1.53. The SMILES string of the molecule is c1ccc(-c2cc3nncn3c3cc4c(cc23)OCO4)cc1. The standard InChI is InChI=1S/C17H11N3O2/c1-2-4-11(5-3-1)12-7-17-19-18-9-20(17)14-8-16-15(6-13(12)14)21-10-22-16/h1-9H,10H2. The van der Waals surface area contributed by atoms with Gasteiger partial charge in [0.2, 0.25) is 6.79 Å². The van der Waals surface area contributed by atoms with Gasteiger partial charge in [-0.2, -0.15) is 0 Å². The van der Waals surface area contributed by atoms with E-state index in [-0.39, 0.29) is 6.79 Å². The first-order valence-electron chi connectivity index (χ1n) is 7.02. The quantitative estimate of drug-likeness (QED) is 0.539. The molecule has 0 saturated heterocycles. The highest BCUT2D eigenvalue weighted by Gasteiger charge is 2.18. The molecule has 2 aromatic carbocycles. The van der Waals surface area contributed by atoms with Crippen LogP contribution in [-0.4, -0.2) is 21.4 Å². The van der Waals surface area contributed by atoms with E-state index in [9.17, 15) is 0 Å². The molecule has 4 aromatic rings. The van der Waals surface area contributed by atoms with E-state index < -0.39 is 0 Å². The molecule has 0 unspecified atom stereocenters. The second-order valence-corrected chi connectivity index (χ2v) is 5.21. The lowest BCUT2D eigenvalue weighted by Gasteiger charge is -2.10. The highest BCUT2D eigenvalue weighted by atomic mass is 16.7. The molecular formula is C17H11N3O2. The number of ether oxygens (including phenoxy) is 2. The van der Waals surface area contributed by atoms with Crippen molar-refractivity contribution in [3.8, 4) is 22.6 Å². The zero-order valence-electron chi connectivity index (χ0n) is 11.6. The van der Waals surface area contributed by atoms with Crippen LogP contribution in [-0.2, 0) is 0 Å². The van der Waals surface area contributed by atoms with E-state index in [0.717, 1.165) is 39.2 Å². The van der Waals surface area contributed by atoms with Crippen LogP contribution in [0, 0.1) is 0 Å².